The van der Waals surface area contributed by atoms with Gasteiger partial charge in [-0.05, 0) is 68.5 Å². The zero-order valence-corrected chi connectivity index (χ0v) is 18.8. The lowest BCUT2D eigenvalue weighted by atomic mass is 9.96. The lowest BCUT2D eigenvalue weighted by Gasteiger charge is -2.35. The van der Waals surface area contributed by atoms with E-state index in [-0.39, 0.29) is 5.56 Å². The maximum absolute atomic E-state index is 13.7. The van der Waals surface area contributed by atoms with Gasteiger partial charge in [-0.25, -0.2) is 4.98 Å². The molecule has 0 amide bonds. The quantitative estimate of drug-likeness (QED) is 0.551. The van der Waals surface area contributed by atoms with Crippen molar-refractivity contribution in [2.75, 3.05) is 13.1 Å². The number of piperidine rings is 1. The summed E-state index contributed by atoms with van der Waals surface area (Å²) < 4.78 is 1.94. The van der Waals surface area contributed by atoms with Gasteiger partial charge in [0.05, 0.1) is 10.9 Å². The third kappa shape index (κ3) is 4.17. The molecule has 158 valence electrons. The number of hydrogen-bond acceptors (Lipinski definition) is 3. The van der Waals surface area contributed by atoms with Gasteiger partial charge < -0.3 is 4.90 Å². The van der Waals surface area contributed by atoms with Crippen LogP contribution in [0.5, 0.6) is 0 Å². The van der Waals surface area contributed by atoms with E-state index in [2.05, 4.69) is 25.7 Å². The lowest BCUT2D eigenvalue weighted by molar-refractivity contribution is 0.129. The first-order valence-electron chi connectivity index (χ1n) is 11.0. The zero-order chi connectivity index (χ0) is 21.3. The van der Waals surface area contributed by atoms with Gasteiger partial charge in [0, 0.05) is 30.6 Å². The summed E-state index contributed by atoms with van der Waals surface area (Å²) in [6, 6.07) is 14.1. The molecule has 1 saturated heterocycles. The molecule has 2 aromatic carbocycles. The third-order valence-electron chi connectivity index (χ3n) is 6.26. The number of hydrogen-bond donors (Lipinski definition) is 0. The van der Waals surface area contributed by atoms with Crippen molar-refractivity contribution in [3.63, 3.8) is 0 Å². The molecular weight excluding hydrogens is 394 g/mol. The summed E-state index contributed by atoms with van der Waals surface area (Å²) >= 11 is 6.07. The smallest absolute Gasteiger partial charge is 0.262 e. The molecule has 0 bridgehead atoms. The van der Waals surface area contributed by atoms with E-state index >= 15 is 0 Å². The van der Waals surface area contributed by atoms with Crippen LogP contribution in [0.3, 0.4) is 0 Å². The molecule has 4 rings (SSSR count). The van der Waals surface area contributed by atoms with Crippen molar-refractivity contribution in [2.24, 2.45) is 5.92 Å². The highest BCUT2D eigenvalue weighted by Crippen LogP contribution is 2.28. The highest BCUT2D eigenvalue weighted by atomic mass is 35.5. The molecule has 0 radical (unpaired) electrons. The van der Waals surface area contributed by atoms with Gasteiger partial charge in [0.2, 0.25) is 0 Å². The number of fused-ring (bicyclic) bond motifs is 1. The molecule has 4 nitrogen and oxygen atoms in total. The SMILES string of the molecule is CCc1nc2cccc(-c3ccc(Cl)cc3)c2c(=O)n1C[C@H]1CCCN(C(C)C)C1. The van der Waals surface area contributed by atoms with Gasteiger partial charge in [-0.15, -0.1) is 0 Å². The minimum absolute atomic E-state index is 0.0732. The van der Waals surface area contributed by atoms with Crippen molar-refractivity contribution >= 4 is 22.5 Å². The van der Waals surface area contributed by atoms with E-state index < -0.39 is 0 Å². The fourth-order valence-electron chi connectivity index (χ4n) is 4.61. The maximum Gasteiger partial charge on any atom is 0.262 e. The number of benzene rings is 2. The fourth-order valence-corrected chi connectivity index (χ4v) is 4.74. The molecular formula is C25H30ClN3O. The summed E-state index contributed by atoms with van der Waals surface area (Å²) in [5.74, 6) is 1.36. The summed E-state index contributed by atoms with van der Waals surface area (Å²) in [7, 11) is 0. The van der Waals surface area contributed by atoms with Crippen molar-refractivity contribution in [3.8, 4) is 11.1 Å². The first kappa shape index (κ1) is 21.1. The average Bonchev–Trinajstić information content (AvgIpc) is 2.76. The monoisotopic (exact) mass is 423 g/mol. The second-order valence-corrected chi connectivity index (χ2v) is 9.04. The van der Waals surface area contributed by atoms with Crippen molar-refractivity contribution in [1.82, 2.24) is 14.5 Å². The number of rotatable bonds is 5. The van der Waals surface area contributed by atoms with Crippen LogP contribution in [0.15, 0.2) is 47.3 Å². The van der Waals surface area contributed by atoms with Crippen molar-refractivity contribution in [1.29, 1.82) is 0 Å². The molecule has 0 unspecified atom stereocenters. The molecule has 1 atom stereocenters. The van der Waals surface area contributed by atoms with Crippen molar-refractivity contribution < 1.29 is 0 Å². The van der Waals surface area contributed by atoms with Gasteiger partial charge in [-0.1, -0.05) is 42.8 Å². The van der Waals surface area contributed by atoms with Gasteiger partial charge in [-0.3, -0.25) is 9.36 Å². The topological polar surface area (TPSA) is 38.1 Å². The molecule has 5 heteroatoms. The van der Waals surface area contributed by atoms with E-state index in [4.69, 9.17) is 16.6 Å². The van der Waals surface area contributed by atoms with Crippen LogP contribution in [0.25, 0.3) is 22.0 Å². The Labute approximate surface area is 183 Å². The Hall–Kier alpha value is -2.17. The number of halogens is 1. The molecule has 2 heterocycles. The molecule has 1 aliphatic heterocycles. The van der Waals surface area contributed by atoms with Gasteiger partial charge in [-0.2, -0.15) is 0 Å². The number of aromatic nitrogens is 2. The molecule has 0 spiro atoms. The maximum atomic E-state index is 13.7. The third-order valence-corrected chi connectivity index (χ3v) is 6.51. The highest BCUT2D eigenvalue weighted by Gasteiger charge is 2.24. The normalized spacial score (nSPS) is 17.7. The van der Waals surface area contributed by atoms with Crippen LogP contribution in [-0.4, -0.2) is 33.6 Å². The number of nitrogens with zero attached hydrogens (tertiary/aromatic N) is 3. The molecule has 0 saturated carbocycles. The Balaban J connectivity index is 1.79. The van der Waals surface area contributed by atoms with E-state index in [1.54, 1.807) is 0 Å². The molecule has 3 aromatic rings. The minimum atomic E-state index is 0.0732. The fraction of sp³-hybridized carbons (Fsp3) is 0.440. The Morgan fingerprint density at radius 1 is 1.17 bits per heavy atom. The van der Waals surface area contributed by atoms with Crippen LogP contribution in [0.2, 0.25) is 5.02 Å². The van der Waals surface area contributed by atoms with Crippen LogP contribution in [-0.2, 0) is 13.0 Å². The van der Waals surface area contributed by atoms with Gasteiger partial charge in [0.1, 0.15) is 5.82 Å². The predicted octanol–water partition coefficient (Wildman–Crippen LogP) is 5.40. The zero-order valence-electron chi connectivity index (χ0n) is 18.1. The molecule has 1 aromatic heterocycles. The summed E-state index contributed by atoms with van der Waals surface area (Å²) in [4.78, 5) is 21.2. The summed E-state index contributed by atoms with van der Waals surface area (Å²) in [5.41, 5.74) is 2.76. The lowest BCUT2D eigenvalue weighted by Crippen LogP contribution is -2.42. The second-order valence-electron chi connectivity index (χ2n) is 8.60. The largest absolute Gasteiger partial charge is 0.301 e. The van der Waals surface area contributed by atoms with E-state index in [0.717, 1.165) is 54.9 Å². The number of aryl methyl sites for hydroxylation is 1. The Bertz CT molecular complexity index is 1090. The van der Waals surface area contributed by atoms with Crippen LogP contribution >= 0.6 is 11.6 Å². The first-order valence-corrected chi connectivity index (χ1v) is 11.4. The predicted molar refractivity (Wildman–Crippen MR) is 125 cm³/mol. The first-order chi connectivity index (χ1) is 14.5. The van der Waals surface area contributed by atoms with Gasteiger partial charge in [0.25, 0.3) is 5.56 Å². The second kappa shape index (κ2) is 8.91. The van der Waals surface area contributed by atoms with Crippen molar-refractivity contribution in [3.05, 3.63) is 63.7 Å². The van der Waals surface area contributed by atoms with Crippen LogP contribution < -0.4 is 5.56 Å². The van der Waals surface area contributed by atoms with Crippen LogP contribution in [0.4, 0.5) is 0 Å². The summed E-state index contributed by atoms with van der Waals surface area (Å²) in [6.07, 6.45) is 3.10. The van der Waals surface area contributed by atoms with Gasteiger partial charge in [0.15, 0.2) is 0 Å². The standard InChI is InChI=1S/C25H30ClN3O/c1-4-23-27-22-9-5-8-21(19-10-12-20(26)13-11-19)24(22)25(30)29(23)16-18-7-6-14-28(15-18)17(2)3/h5,8-13,17-18H,4,6-7,14-16H2,1-3H3/t18-/m0/s1. The Morgan fingerprint density at radius 3 is 2.63 bits per heavy atom. The highest BCUT2D eigenvalue weighted by molar-refractivity contribution is 6.30. The van der Waals surface area contributed by atoms with E-state index in [1.165, 1.54) is 6.42 Å². The van der Waals surface area contributed by atoms with Gasteiger partial charge >= 0.3 is 0 Å². The Morgan fingerprint density at radius 2 is 1.93 bits per heavy atom. The average molecular weight is 424 g/mol. The molecule has 0 N–H and O–H groups in total. The van der Waals surface area contributed by atoms with Crippen LogP contribution in [0.1, 0.15) is 39.4 Å². The minimum Gasteiger partial charge on any atom is -0.301 e. The van der Waals surface area contributed by atoms with E-state index in [1.807, 2.05) is 47.0 Å². The number of likely N-dealkylation sites (tertiary alicyclic amines) is 1. The summed E-state index contributed by atoms with van der Waals surface area (Å²) in [5, 5.41) is 1.39. The van der Waals surface area contributed by atoms with Crippen molar-refractivity contribution in [2.45, 2.75) is 52.6 Å². The van der Waals surface area contributed by atoms with E-state index in [9.17, 15) is 4.79 Å². The Kier molecular flexibility index (Phi) is 6.26. The van der Waals surface area contributed by atoms with E-state index in [0.29, 0.717) is 22.4 Å². The molecule has 1 fully saturated rings. The molecule has 1 aliphatic rings. The summed E-state index contributed by atoms with van der Waals surface area (Å²) in [6.45, 7) is 9.52. The molecule has 30 heavy (non-hydrogen) atoms. The molecule has 0 aliphatic carbocycles. The van der Waals surface area contributed by atoms with Crippen LogP contribution in [0, 0.1) is 5.92 Å².